The van der Waals surface area contributed by atoms with Gasteiger partial charge in [-0.1, -0.05) is 322 Å². The fourth-order valence-corrected chi connectivity index (χ4v) is 10.5. The van der Waals surface area contributed by atoms with Crippen LogP contribution in [-0.4, -0.2) is 82.3 Å². The summed E-state index contributed by atoms with van der Waals surface area (Å²) in [6.45, 7) is 4.65. The Labute approximate surface area is 561 Å². The normalized spacial score (nSPS) is 13.4. The molecule has 0 aromatic carbocycles. The van der Waals surface area contributed by atoms with E-state index in [2.05, 4.69) is 135 Å². The second kappa shape index (κ2) is 71.5. The van der Waals surface area contributed by atoms with Gasteiger partial charge in [-0.05, 0) is 109 Å². The molecule has 0 saturated heterocycles. The minimum absolute atomic E-state index is 0.144. The number of esters is 2. The number of hydrogen-bond acceptors (Lipinski definition) is 8. The molecule has 0 aliphatic heterocycles. The summed E-state index contributed by atoms with van der Waals surface area (Å²) in [4.78, 5) is 37.6. The Morgan fingerprint density at radius 2 is 0.626 bits per heavy atom. The third-order valence-electron chi connectivity index (χ3n) is 16.2. The van der Waals surface area contributed by atoms with Gasteiger partial charge in [-0.2, -0.15) is 0 Å². The lowest BCUT2D eigenvalue weighted by atomic mass is 10.0. The summed E-state index contributed by atoms with van der Waals surface area (Å²) < 4.78 is 22.8. The smallest absolute Gasteiger partial charge is 0.306 e. The number of unbranched alkanes of at least 4 members (excludes halogenated alkanes) is 34. The highest BCUT2D eigenvalue weighted by Gasteiger charge is 2.22. The number of rotatable bonds is 69. The molecule has 0 radical (unpaired) electrons. The van der Waals surface area contributed by atoms with E-state index in [1.807, 2.05) is 21.1 Å². The van der Waals surface area contributed by atoms with Gasteiger partial charge in [-0.3, -0.25) is 9.59 Å². The van der Waals surface area contributed by atoms with Gasteiger partial charge in [0.25, 0.3) is 0 Å². The molecule has 9 heteroatoms. The van der Waals surface area contributed by atoms with Crippen molar-refractivity contribution >= 4 is 17.9 Å². The van der Waals surface area contributed by atoms with Crippen LogP contribution in [0.2, 0.25) is 0 Å². The fraction of sp³-hybridized carbons (Fsp3) is 0.720. The van der Waals surface area contributed by atoms with Crippen LogP contribution in [0.1, 0.15) is 322 Å². The van der Waals surface area contributed by atoms with Crippen LogP contribution in [0, 0.1) is 0 Å². The third kappa shape index (κ3) is 73.0. The summed E-state index contributed by atoms with van der Waals surface area (Å²) in [6.07, 6.45) is 98.6. The maximum absolute atomic E-state index is 13.0. The molecule has 2 unspecified atom stereocenters. The highest BCUT2D eigenvalue weighted by atomic mass is 16.7. The van der Waals surface area contributed by atoms with Gasteiger partial charge in [0, 0.05) is 12.8 Å². The van der Waals surface area contributed by atoms with Crippen LogP contribution in [0.5, 0.6) is 0 Å². The number of carbonyl (C=O) groups excluding carboxylic acids is 3. The van der Waals surface area contributed by atoms with Gasteiger partial charge in [-0.25, -0.2) is 0 Å². The third-order valence-corrected chi connectivity index (χ3v) is 16.2. The molecule has 9 nitrogen and oxygen atoms in total. The largest absolute Gasteiger partial charge is 0.545 e. The van der Waals surface area contributed by atoms with E-state index in [4.69, 9.17) is 18.9 Å². The van der Waals surface area contributed by atoms with E-state index in [0.717, 1.165) is 96.3 Å². The average Bonchev–Trinajstić information content (AvgIpc) is 3.46. The van der Waals surface area contributed by atoms with Crippen molar-refractivity contribution in [2.24, 2.45) is 0 Å². The second-order valence-electron chi connectivity index (χ2n) is 26.2. The molecule has 0 heterocycles. The molecule has 0 amide bonds. The first-order valence-electron chi connectivity index (χ1n) is 37.7. The number of ether oxygens (including phenoxy) is 4. The zero-order valence-electron chi connectivity index (χ0n) is 59.7. The number of nitrogens with zero attached hydrogens (tertiary/aromatic N) is 1. The monoisotopic (exact) mass is 1270 g/mol. The molecule has 0 fully saturated rings. The molecule has 0 aromatic rings. The number of aliphatic carboxylic acids is 1. The van der Waals surface area contributed by atoms with Gasteiger partial charge in [0.05, 0.1) is 40.3 Å². The van der Waals surface area contributed by atoms with Crippen molar-refractivity contribution in [2.75, 3.05) is 47.5 Å². The van der Waals surface area contributed by atoms with Gasteiger partial charge in [-0.15, -0.1) is 0 Å². The number of carboxylic acids is 1. The Balaban J connectivity index is 4.08. The van der Waals surface area contributed by atoms with E-state index in [1.165, 1.54) is 193 Å². The molecule has 0 saturated carbocycles. The van der Waals surface area contributed by atoms with Gasteiger partial charge < -0.3 is 33.3 Å². The first-order valence-corrected chi connectivity index (χ1v) is 37.7. The number of carboxylic acid groups (broad SMARTS) is 1. The SMILES string of the molecule is CC/C=C\C/C=C\C/C=C\C/C=C\C/C=C\C/C=C\C/C=C\C/C=C\CCCCCCCCCCCCCCCCC(=O)OC(COC(=O)CCCCCCCCCCCCCCCCC/C=C\C/C=C\CCCCCCC)COC(OCC[N+](C)(C)C)C(=O)[O-]. The van der Waals surface area contributed by atoms with Crippen LogP contribution in [0.15, 0.2) is 122 Å². The molecular weight excluding hydrogens is 1130 g/mol. The highest BCUT2D eigenvalue weighted by Crippen LogP contribution is 2.18. The van der Waals surface area contributed by atoms with Crippen LogP contribution in [0.3, 0.4) is 0 Å². The molecule has 0 aliphatic carbocycles. The Morgan fingerprint density at radius 3 is 0.934 bits per heavy atom. The van der Waals surface area contributed by atoms with Crippen LogP contribution in [-0.2, 0) is 33.3 Å². The molecule has 0 N–H and O–H groups in total. The first kappa shape index (κ1) is 86.7. The predicted octanol–water partition coefficient (Wildman–Crippen LogP) is 22.6. The van der Waals surface area contributed by atoms with Crippen LogP contribution >= 0.6 is 0 Å². The zero-order valence-corrected chi connectivity index (χ0v) is 59.7. The molecular formula is C82H141NO8. The van der Waals surface area contributed by atoms with Crippen molar-refractivity contribution < 1.29 is 42.9 Å². The Hall–Kier alpha value is -4.31. The number of likely N-dealkylation sites (N-methyl/N-ethyl adjacent to an activating group) is 1. The number of quaternary nitrogens is 1. The Bertz CT molecular complexity index is 1910. The minimum atomic E-state index is -1.63. The maximum Gasteiger partial charge on any atom is 0.306 e. The number of carbonyl (C=O) groups is 3. The minimum Gasteiger partial charge on any atom is -0.545 e. The zero-order chi connectivity index (χ0) is 66.1. The van der Waals surface area contributed by atoms with Gasteiger partial charge in [0.15, 0.2) is 12.4 Å². The molecule has 0 aromatic heterocycles. The topological polar surface area (TPSA) is 111 Å². The summed E-state index contributed by atoms with van der Waals surface area (Å²) >= 11 is 0. The van der Waals surface area contributed by atoms with Gasteiger partial charge in [0.2, 0.25) is 0 Å². The molecule has 0 spiro atoms. The first-order chi connectivity index (χ1) is 44.6. The van der Waals surface area contributed by atoms with Crippen LogP contribution in [0.4, 0.5) is 0 Å². The number of hydrogen-bond donors (Lipinski definition) is 0. The summed E-state index contributed by atoms with van der Waals surface area (Å²) in [5.74, 6) is -2.28. The molecule has 522 valence electrons. The van der Waals surface area contributed by atoms with E-state index in [1.54, 1.807) is 0 Å². The van der Waals surface area contributed by atoms with Crippen molar-refractivity contribution in [2.45, 2.75) is 334 Å². The molecule has 2 atom stereocenters. The van der Waals surface area contributed by atoms with E-state index < -0.39 is 24.3 Å². The predicted molar refractivity (Wildman–Crippen MR) is 389 cm³/mol. The Morgan fingerprint density at radius 1 is 0.341 bits per heavy atom. The highest BCUT2D eigenvalue weighted by molar-refractivity contribution is 5.70. The lowest BCUT2D eigenvalue weighted by Gasteiger charge is -2.26. The van der Waals surface area contributed by atoms with Gasteiger partial charge in [0.1, 0.15) is 13.2 Å². The molecule has 0 bridgehead atoms. The maximum atomic E-state index is 13.0. The second-order valence-corrected chi connectivity index (χ2v) is 26.2. The van der Waals surface area contributed by atoms with Gasteiger partial charge >= 0.3 is 11.9 Å². The lowest BCUT2D eigenvalue weighted by molar-refractivity contribution is -0.870. The van der Waals surface area contributed by atoms with E-state index in [0.29, 0.717) is 17.4 Å². The molecule has 91 heavy (non-hydrogen) atoms. The summed E-state index contributed by atoms with van der Waals surface area (Å²) in [6, 6.07) is 0. The molecule has 0 rings (SSSR count). The van der Waals surface area contributed by atoms with E-state index in [9.17, 15) is 19.5 Å². The standard InChI is InChI=1S/C82H141NO8/c1-6-8-10-12-14-16-18-20-22-24-26-28-30-32-34-35-36-37-38-39-40-41-42-43-44-45-47-49-51-53-55-57-59-61-63-65-67-69-71-73-80(85)91-78(77-90-82(81(86)87)88-75-74-83(3,4)5)76-89-79(84)72-70-68-66-64-62-60-58-56-54-52-50-48-46-33-31-29-27-25-23-21-19-17-15-13-11-9-7-2/h8,10,14,16,19-22,25-28,32,34,36-37,39-40,42-43,78,82H,6-7,9,11-13,15,17-18,23-24,29-31,33,35,38,41,44-77H2,1-5H3/b10-8-,16-14-,21-19-,22-20-,27-25-,28-26-,34-32-,37-36-,40-39-,43-42-. The van der Waals surface area contributed by atoms with Crippen LogP contribution < -0.4 is 5.11 Å². The lowest BCUT2D eigenvalue weighted by Crippen LogP contribution is -2.44. The van der Waals surface area contributed by atoms with Crippen molar-refractivity contribution in [3.63, 3.8) is 0 Å². The van der Waals surface area contributed by atoms with Crippen molar-refractivity contribution in [3.8, 4) is 0 Å². The van der Waals surface area contributed by atoms with Crippen molar-refractivity contribution in [3.05, 3.63) is 122 Å². The quantitative estimate of drug-likeness (QED) is 0.0195. The van der Waals surface area contributed by atoms with E-state index in [-0.39, 0.29) is 38.6 Å². The summed E-state index contributed by atoms with van der Waals surface area (Å²) in [5.41, 5.74) is 0. The fourth-order valence-electron chi connectivity index (χ4n) is 10.5. The average molecular weight is 1270 g/mol. The summed E-state index contributed by atoms with van der Waals surface area (Å²) in [7, 11) is 5.93. The van der Waals surface area contributed by atoms with Crippen LogP contribution in [0.25, 0.3) is 0 Å². The summed E-state index contributed by atoms with van der Waals surface area (Å²) in [5, 5.41) is 11.8. The van der Waals surface area contributed by atoms with E-state index >= 15 is 0 Å². The van der Waals surface area contributed by atoms with Crippen molar-refractivity contribution in [1.82, 2.24) is 0 Å². The Kier molecular flexibility index (Phi) is 68.1. The molecule has 0 aliphatic rings. The van der Waals surface area contributed by atoms with Crippen molar-refractivity contribution in [1.29, 1.82) is 0 Å². The number of allylic oxidation sites excluding steroid dienone is 20.